The van der Waals surface area contributed by atoms with Crippen molar-refractivity contribution in [1.29, 1.82) is 0 Å². The molecule has 1 aliphatic rings. The van der Waals surface area contributed by atoms with E-state index in [-0.39, 0.29) is 6.04 Å². The largest absolute Gasteiger partial charge is 0.366 e. The molecule has 1 aromatic carbocycles. The van der Waals surface area contributed by atoms with E-state index in [1.807, 2.05) is 0 Å². The monoisotopic (exact) mass is 297 g/mol. The third-order valence-electron chi connectivity index (χ3n) is 3.35. The molecule has 0 atom stereocenters. The highest BCUT2D eigenvalue weighted by Crippen LogP contribution is 2.18. The first-order valence-corrected chi connectivity index (χ1v) is 8.14. The smallest absolute Gasteiger partial charge is 0.299 e. The van der Waals surface area contributed by atoms with Crippen molar-refractivity contribution < 1.29 is 13.2 Å². The molecule has 1 saturated carbocycles. The van der Waals surface area contributed by atoms with E-state index in [0.717, 1.165) is 25.7 Å². The minimum Gasteiger partial charge on any atom is -0.366 e. The van der Waals surface area contributed by atoms with Crippen LogP contribution >= 0.6 is 0 Å². The van der Waals surface area contributed by atoms with Crippen LogP contribution in [0.1, 0.15) is 42.5 Å². The molecule has 1 aromatic rings. The topological polar surface area (TPSA) is 101 Å². The van der Waals surface area contributed by atoms with Crippen LogP contribution in [0.5, 0.6) is 0 Å². The Morgan fingerprint density at radius 3 is 2.25 bits per heavy atom. The van der Waals surface area contributed by atoms with E-state index in [9.17, 15) is 13.2 Å². The van der Waals surface area contributed by atoms with Gasteiger partial charge in [-0.15, -0.1) is 0 Å². The molecule has 0 aromatic heterocycles. The highest BCUT2D eigenvalue weighted by Gasteiger charge is 2.19. The zero-order chi connectivity index (χ0) is 14.6. The van der Waals surface area contributed by atoms with Gasteiger partial charge in [0.15, 0.2) is 0 Å². The molecule has 0 radical (unpaired) electrons. The molecule has 6 nitrogen and oxygen atoms in total. The maximum atomic E-state index is 12.0. The fourth-order valence-electron chi connectivity index (χ4n) is 2.33. The standard InChI is InChI=1S/C13H19N3O3S/c14-13(17)10-6-8-12(9-7-10)16-20(18,19)15-11-4-2-1-3-5-11/h6-9,11,15-16H,1-5H2,(H2,14,17). The summed E-state index contributed by atoms with van der Waals surface area (Å²) in [6.07, 6.45) is 5.03. The van der Waals surface area contributed by atoms with Crippen LogP contribution in [-0.2, 0) is 10.2 Å². The lowest BCUT2D eigenvalue weighted by atomic mass is 9.96. The molecule has 0 heterocycles. The Bertz CT molecular complexity index is 563. The molecule has 0 bridgehead atoms. The van der Waals surface area contributed by atoms with Gasteiger partial charge >= 0.3 is 0 Å². The summed E-state index contributed by atoms with van der Waals surface area (Å²) in [7, 11) is -3.58. The quantitative estimate of drug-likeness (QED) is 0.765. The Labute approximate surface area is 118 Å². The highest BCUT2D eigenvalue weighted by molar-refractivity contribution is 7.90. The summed E-state index contributed by atoms with van der Waals surface area (Å²) in [5.41, 5.74) is 5.87. The zero-order valence-corrected chi connectivity index (χ0v) is 11.9. The molecule has 0 unspecified atom stereocenters. The van der Waals surface area contributed by atoms with Crippen molar-refractivity contribution in [1.82, 2.24) is 4.72 Å². The second-order valence-corrected chi connectivity index (χ2v) is 6.45. The maximum Gasteiger partial charge on any atom is 0.299 e. The minimum absolute atomic E-state index is 0.00569. The van der Waals surface area contributed by atoms with Crippen LogP contribution in [0, 0.1) is 0 Å². The van der Waals surface area contributed by atoms with Gasteiger partial charge in [-0.2, -0.15) is 13.1 Å². The summed E-state index contributed by atoms with van der Waals surface area (Å²) in [4.78, 5) is 10.9. The SMILES string of the molecule is NC(=O)c1ccc(NS(=O)(=O)NC2CCCCC2)cc1. The third-order valence-corrected chi connectivity index (χ3v) is 4.50. The zero-order valence-electron chi connectivity index (χ0n) is 11.1. The fraction of sp³-hybridized carbons (Fsp3) is 0.462. The van der Waals surface area contributed by atoms with E-state index in [4.69, 9.17) is 5.73 Å². The van der Waals surface area contributed by atoms with Gasteiger partial charge in [-0.1, -0.05) is 19.3 Å². The van der Waals surface area contributed by atoms with E-state index in [1.54, 1.807) is 0 Å². The summed E-state index contributed by atoms with van der Waals surface area (Å²) in [5, 5.41) is 0. The average molecular weight is 297 g/mol. The van der Waals surface area contributed by atoms with E-state index >= 15 is 0 Å². The third kappa shape index (κ3) is 4.21. The Kier molecular flexibility index (Phi) is 4.61. The van der Waals surface area contributed by atoms with Crippen molar-refractivity contribution in [2.75, 3.05) is 4.72 Å². The Balaban J connectivity index is 1.98. The molecular weight excluding hydrogens is 278 g/mol. The van der Waals surface area contributed by atoms with Gasteiger partial charge in [-0.25, -0.2) is 0 Å². The Morgan fingerprint density at radius 2 is 1.70 bits per heavy atom. The van der Waals surface area contributed by atoms with E-state index in [0.29, 0.717) is 11.3 Å². The van der Waals surface area contributed by atoms with Gasteiger partial charge in [-0.05, 0) is 37.1 Å². The summed E-state index contributed by atoms with van der Waals surface area (Å²) in [6, 6.07) is 6.01. The van der Waals surface area contributed by atoms with E-state index < -0.39 is 16.1 Å². The lowest BCUT2D eigenvalue weighted by Crippen LogP contribution is -2.39. The number of nitrogens with one attached hydrogen (secondary N) is 2. The second-order valence-electron chi connectivity index (χ2n) is 5.00. The van der Waals surface area contributed by atoms with Crippen molar-refractivity contribution in [2.24, 2.45) is 5.73 Å². The van der Waals surface area contributed by atoms with Crippen molar-refractivity contribution in [2.45, 2.75) is 38.1 Å². The summed E-state index contributed by atoms with van der Waals surface area (Å²) in [6.45, 7) is 0. The molecule has 110 valence electrons. The van der Waals surface area contributed by atoms with Gasteiger partial charge in [0.2, 0.25) is 5.91 Å². The number of carbonyl (C=O) groups is 1. The summed E-state index contributed by atoms with van der Waals surface area (Å²) >= 11 is 0. The minimum atomic E-state index is -3.58. The molecule has 20 heavy (non-hydrogen) atoms. The average Bonchev–Trinajstić information content (AvgIpc) is 2.39. The van der Waals surface area contributed by atoms with Crippen LogP contribution < -0.4 is 15.2 Å². The van der Waals surface area contributed by atoms with Gasteiger partial charge in [-0.3, -0.25) is 9.52 Å². The van der Waals surface area contributed by atoms with Crippen LogP contribution in [0.3, 0.4) is 0 Å². The van der Waals surface area contributed by atoms with Crippen molar-refractivity contribution in [3.05, 3.63) is 29.8 Å². The van der Waals surface area contributed by atoms with Crippen LogP contribution in [-0.4, -0.2) is 20.4 Å². The van der Waals surface area contributed by atoms with Gasteiger partial charge in [0.05, 0.1) is 0 Å². The van der Waals surface area contributed by atoms with E-state index in [2.05, 4.69) is 9.44 Å². The number of hydrogen-bond acceptors (Lipinski definition) is 3. The summed E-state index contributed by atoms with van der Waals surface area (Å²) in [5.74, 6) is -0.542. The predicted octanol–water partition coefficient (Wildman–Crippen LogP) is 1.36. The lowest BCUT2D eigenvalue weighted by Gasteiger charge is -2.22. The number of rotatable bonds is 5. The number of anilines is 1. The van der Waals surface area contributed by atoms with Gasteiger partial charge in [0.1, 0.15) is 0 Å². The van der Waals surface area contributed by atoms with Gasteiger partial charge in [0, 0.05) is 17.3 Å². The number of amides is 1. The van der Waals surface area contributed by atoms with Crippen LogP contribution in [0.15, 0.2) is 24.3 Å². The first kappa shape index (κ1) is 14.8. The molecule has 2 rings (SSSR count). The molecule has 0 aliphatic heterocycles. The molecule has 1 aliphatic carbocycles. The second kappa shape index (κ2) is 6.23. The van der Waals surface area contributed by atoms with Crippen molar-refractivity contribution in [3.63, 3.8) is 0 Å². The molecule has 0 saturated heterocycles. The van der Waals surface area contributed by atoms with Gasteiger partial charge < -0.3 is 5.73 Å². The fourth-order valence-corrected chi connectivity index (χ4v) is 3.51. The number of nitrogens with two attached hydrogens (primary N) is 1. The molecule has 1 fully saturated rings. The lowest BCUT2D eigenvalue weighted by molar-refractivity contribution is 0.100. The van der Waals surface area contributed by atoms with Crippen LogP contribution in [0.25, 0.3) is 0 Å². The maximum absolute atomic E-state index is 12.0. The summed E-state index contributed by atoms with van der Waals surface area (Å²) < 4.78 is 29.0. The Hall–Kier alpha value is -1.60. The normalized spacial score (nSPS) is 16.8. The van der Waals surface area contributed by atoms with Crippen molar-refractivity contribution >= 4 is 21.8 Å². The number of benzene rings is 1. The first-order chi connectivity index (χ1) is 9.46. The highest BCUT2D eigenvalue weighted by atomic mass is 32.2. The molecule has 7 heteroatoms. The molecular formula is C13H19N3O3S. The van der Waals surface area contributed by atoms with Crippen LogP contribution in [0.4, 0.5) is 5.69 Å². The number of primary amides is 1. The van der Waals surface area contributed by atoms with E-state index in [1.165, 1.54) is 30.7 Å². The molecule has 1 amide bonds. The van der Waals surface area contributed by atoms with Crippen LogP contribution in [0.2, 0.25) is 0 Å². The molecule has 0 spiro atoms. The molecule has 4 N–H and O–H groups in total. The number of carbonyl (C=O) groups excluding carboxylic acids is 1. The predicted molar refractivity (Wildman–Crippen MR) is 77.5 cm³/mol. The van der Waals surface area contributed by atoms with Gasteiger partial charge in [0.25, 0.3) is 10.2 Å². The Morgan fingerprint density at radius 1 is 1.10 bits per heavy atom. The number of hydrogen-bond donors (Lipinski definition) is 3. The first-order valence-electron chi connectivity index (χ1n) is 6.66. The van der Waals surface area contributed by atoms with Crippen molar-refractivity contribution in [3.8, 4) is 0 Å².